The third-order valence-corrected chi connectivity index (χ3v) is 1.57. The van der Waals surface area contributed by atoms with Crippen LogP contribution in [0.5, 0.6) is 0 Å². The second-order valence-corrected chi connectivity index (χ2v) is 3.28. The van der Waals surface area contributed by atoms with Crippen molar-refractivity contribution in [3.8, 4) is 0 Å². The van der Waals surface area contributed by atoms with Crippen molar-refractivity contribution in [2.24, 2.45) is 5.41 Å². The first-order valence-electron chi connectivity index (χ1n) is 2.77. The zero-order chi connectivity index (χ0) is 7.07. The van der Waals surface area contributed by atoms with Crippen LogP contribution in [0.2, 0.25) is 0 Å². The first-order valence-corrected chi connectivity index (χ1v) is 3.18. The molecule has 50 valence electrons. The van der Waals surface area contributed by atoms with Crippen molar-refractivity contribution >= 4 is 23.2 Å². The van der Waals surface area contributed by atoms with Crippen molar-refractivity contribution < 1.29 is 9.53 Å². The highest BCUT2D eigenvalue weighted by molar-refractivity contribution is 7.80. The Morgan fingerprint density at radius 2 is 2.22 bits per heavy atom. The van der Waals surface area contributed by atoms with E-state index in [9.17, 15) is 4.79 Å². The molecule has 0 radical (unpaired) electrons. The minimum absolute atomic E-state index is 0.201. The third-order valence-electron chi connectivity index (χ3n) is 1.35. The van der Waals surface area contributed by atoms with Gasteiger partial charge in [0.05, 0.1) is 5.41 Å². The van der Waals surface area contributed by atoms with Crippen LogP contribution < -0.4 is 0 Å². The Balaban J connectivity index is 2.81. The first kappa shape index (κ1) is 6.68. The van der Waals surface area contributed by atoms with Gasteiger partial charge in [0, 0.05) is 6.42 Å². The molecule has 2 nitrogen and oxygen atoms in total. The van der Waals surface area contributed by atoms with Gasteiger partial charge in [-0.25, -0.2) is 0 Å². The van der Waals surface area contributed by atoms with Crippen molar-refractivity contribution in [2.75, 3.05) is 0 Å². The number of esters is 1. The fraction of sp³-hybridized carbons (Fsp3) is 0.667. The monoisotopic (exact) mass is 144 g/mol. The highest BCUT2D eigenvalue weighted by Crippen LogP contribution is 2.29. The second kappa shape index (κ2) is 1.77. The molecule has 0 aromatic rings. The fourth-order valence-electron chi connectivity index (χ4n) is 0.711. The highest BCUT2D eigenvalue weighted by atomic mass is 32.1. The van der Waals surface area contributed by atoms with E-state index in [0.29, 0.717) is 11.5 Å². The largest absolute Gasteiger partial charge is 0.419 e. The van der Waals surface area contributed by atoms with Gasteiger partial charge >= 0.3 is 5.97 Å². The molecule has 1 heterocycles. The molecule has 1 aliphatic rings. The third kappa shape index (κ3) is 1.10. The smallest absolute Gasteiger partial charge is 0.317 e. The minimum Gasteiger partial charge on any atom is -0.419 e. The van der Waals surface area contributed by atoms with Crippen LogP contribution in [0.3, 0.4) is 0 Å². The second-order valence-electron chi connectivity index (χ2n) is 2.82. The molecule has 1 aliphatic heterocycles. The Kier molecular flexibility index (Phi) is 1.31. The molecule has 0 amide bonds. The number of carbonyl (C=O) groups excluding carboxylic acids is 1. The van der Waals surface area contributed by atoms with E-state index in [0.717, 1.165) is 0 Å². The van der Waals surface area contributed by atoms with Crippen molar-refractivity contribution in [1.82, 2.24) is 0 Å². The first-order chi connectivity index (χ1) is 4.02. The molecule has 0 N–H and O–H groups in total. The highest BCUT2D eigenvalue weighted by Gasteiger charge is 2.38. The molecule has 9 heavy (non-hydrogen) atoms. The Labute approximate surface area is 59.2 Å². The molecule has 0 saturated carbocycles. The van der Waals surface area contributed by atoms with E-state index in [2.05, 4.69) is 4.74 Å². The average molecular weight is 144 g/mol. The molecule has 0 spiro atoms. The molecule has 1 rings (SSSR count). The van der Waals surface area contributed by atoms with E-state index < -0.39 is 0 Å². The predicted molar refractivity (Wildman–Crippen MR) is 37.1 cm³/mol. The molecule has 0 bridgehead atoms. The van der Waals surface area contributed by atoms with Crippen LogP contribution in [-0.4, -0.2) is 11.0 Å². The van der Waals surface area contributed by atoms with Crippen LogP contribution in [0.15, 0.2) is 0 Å². The number of rotatable bonds is 0. The van der Waals surface area contributed by atoms with E-state index in [-0.39, 0.29) is 11.4 Å². The molecular formula is C6H8O2S. The Hall–Kier alpha value is -0.440. The lowest BCUT2D eigenvalue weighted by Crippen LogP contribution is -2.16. The summed E-state index contributed by atoms with van der Waals surface area (Å²) in [6, 6.07) is 0. The van der Waals surface area contributed by atoms with Gasteiger partial charge in [0.25, 0.3) is 0 Å². The van der Waals surface area contributed by atoms with Gasteiger partial charge < -0.3 is 4.74 Å². The predicted octanol–water partition coefficient (Wildman–Crippen LogP) is 1.29. The quantitative estimate of drug-likeness (QED) is 0.378. The van der Waals surface area contributed by atoms with Crippen LogP contribution in [0.25, 0.3) is 0 Å². The molecule has 3 heteroatoms. The van der Waals surface area contributed by atoms with Crippen LogP contribution >= 0.6 is 12.2 Å². The summed E-state index contributed by atoms with van der Waals surface area (Å²) in [4.78, 5) is 10.8. The summed E-state index contributed by atoms with van der Waals surface area (Å²) < 4.78 is 4.67. The van der Waals surface area contributed by atoms with Crippen LogP contribution in [0.4, 0.5) is 0 Å². The number of cyclic esters (lactones) is 1. The number of ether oxygens (including phenoxy) is 1. The van der Waals surface area contributed by atoms with Gasteiger partial charge in [-0.1, -0.05) is 0 Å². The van der Waals surface area contributed by atoms with E-state index in [1.54, 1.807) is 0 Å². The lowest BCUT2D eigenvalue weighted by Gasteiger charge is -2.07. The van der Waals surface area contributed by atoms with Crippen LogP contribution in [0, 0.1) is 5.41 Å². The summed E-state index contributed by atoms with van der Waals surface area (Å²) in [5, 5.41) is 0.421. The van der Waals surface area contributed by atoms with Crippen molar-refractivity contribution in [1.29, 1.82) is 0 Å². The van der Waals surface area contributed by atoms with E-state index in [1.165, 1.54) is 0 Å². The maximum absolute atomic E-state index is 10.8. The summed E-state index contributed by atoms with van der Waals surface area (Å²) in [7, 11) is 0. The fourth-order valence-corrected chi connectivity index (χ4v) is 1.15. The van der Waals surface area contributed by atoms with Crippen LogP contribution in [0.1, 0.15) is 20.3 Å². The standard InChI is InChI=1S/C6H8O2S/c1-6(2)3-4(9)8-5(6)7/h3H2,1-2H3. The van der Waals surface area contributed by atoms with Gasteiger partial charge in [0.1, 0.15) is 0 Å². The van der Waals surface area contributed by atoms with Gasteiger partial charge in [-0.15, -0.1) is 0 Å². The average Bonchev–Trinajstić information content (AvgIpc) is 1.79. The van der Waals surface area contributed by atoms with Gasteiger partial charge in [-0.05, 0) is 26.1 Å². The maximum atomic E-state index is 10.8. The maximum Gasteiger partial charge on any atom is 0.317 e. The Bertz CT molecular complexity index is 172. The summed E-state index contributed by atoms with van der Waals surface area (Å²) in [5.74, 6) is -0.201. The lowest BCUT2D eigenvalue weighted by atomic mass is 9.92. The molecule has 0 atom stereocenters. The molecule has 0 aromatic carbocycles. The van der Waals surface area contributed by atoms with Crippen molar-refractivity contribution in [3.05, 3.63) is 0 Å². The van der Waals surface area contributed by atoms with Crippen LogP contribution in [-0.2, 0) is 9.53 Å². The molecule has 1 saturated heterocycles. The molecular weight excluding hydrogens is 136 g/mol. The van der Waals surface area contributed by atoms with Gasteiger partial charge in [-0.2, -0.15) is 0 Å². The topological polar surface area (TPSA) is 26.3 Å². The molecule has 0 aromatic heterocycles. The molecule has 0 unspecified atom stereocenters. The zero-order valence-electron chi connectivity index (χ0n) is 5.43. The van der Waals surface area contributed by atoms with Gasteiger partial charge in [0.2, 0.25) is 0 Å². The van der Waals surface area contributed by atoms with E-state index >= 15 is 0 Å². The zero-order valence-corrected chi connectivity index (χ0v) is 6.25. The number of hydrogen-bond donors (Lipinski definition) is 0. The van der Waals surface area contributed by atoms with Gasteiger partial charge in [0.15, 0.2) is 5.05 Å². The SMILES string of the molecule is CC1(C)CC(=S)OC1=O. The van der Waals surface area contributed by atoms with E-state index in [4.69, 9.17) is 12.2 Å². The summed E-state index contributed by atoms with van der Waals surface area (Å²) >= 11 is 4.70. The van der Waals surface area contributed by atoms with E-state index in [1.807, 2.05) is 13.8 Å². The number of thiocarbonyl (C=S) groups is 1. The number of hydrogen-bond acceptors (Lipinski definition) is 3. The van der Waals surface area contributed by atoms with Gasteiger partial charge in [-0.3, -0.25) is 4.79 Å². The minimum atomic E-state index is -0.378. The van der Waals surface area contributed by atoms with Crippen molar-refractivity contribution in [3.63, 3.8) is 0 Å². The molecule has 0 aliphatic carbocycles. The normalized spacial score (nSPS) is 24.2. The summed E-state index contributed by atoms with van der Waals surface area (Å²) in [6.07, 6.45) is 0.584. The summed E-state index contributed by atoms with van der Waals surface area (Å²) in [5.41, 5.74) is -0.378. The lowest BCUT2D eigenvalue weighted by molar-refractivity contribution is -0.140. The summed E-state index contributed by atoms with van der Waals surface area (Å²) in [6.45, 7) is 3.66. The Morgan fingerprint density at radius 3 is 2.33 bits per heavy atom. The van der Waals surface area contributed by atoms with Crippen molar-refractivity contribution in [2.45, 2.75) is 20.3 Å². The molecule has 1 fully saturated rings. The Morgan fingerprint density at radius 1 is 1.67 bits per heavy atom. The number of carbonyl (C=O) groups is 1.